The fraction of sp³-hybridized carbons (Fsp3) is 0.538. The van der Waals surface area contributed by atoms with Gasteiger partial charge in [0.25, 0.3) is 5.91 Å². The van der Waals surface area contributed by atoms with Crippen molar-refractivity contribution >= 4 is 23.0 Å². The fourth-order valence-electron chi connectivity index (χ4n) is 4.73. The van der Waals surface area contributed by atoms with Gasteiger partial charge in [0.2, 0.25) is 5.89 Å². The first-order chi connectivity index (χ1) is 19.1. The summed E-state index contributed by atoms with van der Waals surface area (Å²) in [6.07, 6.45) is -1.28. The highest BCUT2D eigenvalue weighted by Gasteiger charge is 2.48. The van der Waals surface area contributed by atoms with Crippen LogP contribution in [0.25, 0.3) is 11.1 Å². The fourth-order valence-corrected chi connectivity index (χ4v) is 4.73. The van der Waals surface area contributed by atoms with E-state index in [1.165, 1.54) is 13.3 Å². The number of aromatic nitrogens is 2. The molecule has 0 bridgehead atoms. The van der Waals surface area contributed by atoms with Gasteiger partial charge in [-0.3, -0.25) is 4.79 Å². The molecule has 40 heavy (non-hydrogen) atoms. The average Bonchev–Trinajstić information content (AvgIpc) is 3.29. The van der Waals surface area contributed by atoms with Gasteiger partial charge in [-0.25, -0.2) is 9.78 Å². The van der Waals surface area contributed by atoms with Gasteiger partial charge in [0.15, 0.2) is 5.58 Å². The van der Waals surface area contributed by atoms with Crippen LogP contribution in [-0.2, 0) is 15.9 Å². The number of alkyl halides is 3. The SMILES string of the molecule is CCc1oncc1C(=O)NC(c1nc2cc(C(COC)N3CC(C(F)(F)F)NC3=O)ccc2o1)C(C)OC1CC1. The number of nitrogens with zero attached hydrogens (tertiary/aromatic N) is 3. The number of hydrogen-bond acceptors (Lipinski definition) is 8. The van der Waals surface area contributed by atoms with Crippen LogP contribution in [0.2, 0.25) is 0 Å². The number of ether oxygens (including phenoxy) is 2. The van der Waals surface area contributed by atoms with E-state index in [1.807, 2.05) is 19.2 Å². The molecule has 1 aromatic carbocycles. The number of carbonyl (C=O) groups is 2. The van der Waals surface area contributed by atoms with Crippen LogP contribution in [0.15, 0.2) is 33.3 Å². The number of urea groups is 1. The van der Waals surface area contributed by atoms with E-state index in [1.54, 1.807) is 18.2 Å². The van der Waals surface area contributed by atoms with Gasteiger partial charge in [-0.1, -0.05) is 18.1 Å². The first-order valence-electron chi connectivity index (χ1n) is 13.0. The van der Waals surface area contributed by atoms with Crippen LogP contribution in [0.4, 0.5) is 18.0 Å². The molecule has 3 amide bonds. The van der Waals surface area contributed by atoms with E-state index in [0.717, 1.165) is 17.7 Å². The molecule has 14 heteroatoms. The van der Waals surface area contributed by atoms with Gasteiger partial charge < -0.3 is 33.9 Å². The predicted octanol–water partition coefficient (Wildman–Crippen LogP) is 4.06. The van der Waals surface area contributed by atoms with Crippen LogP contribution in [0.3, 0.4) is 0 Å². The minimum Gasteiger partial charge on any atom is -0.438 e. The van der Waals surface area contributed by atoms with E-state index in [4.69, 9.17) is 18.4 Å². The highest BCUT2D eigenvalue weighted by molar-refractivity contribution is 5.95. The Morgan fingerprint density at radius 2 is 2.10 bits per heavy atom. The number of hydrogen-bond donors (Lipinski definition) is 2. The van der Waals surface area contributed by atoms with Crippen molar-refractivity contribution in [2.24, 2.45) is 0 Å². The summed E-state index contributed by atoms with van der Waals surface area (Å²) in [5.74, 6) is 0.219. The van der Waals surface area contributed by atoms with Gasteiger partial charge in [0.05, 0.1) is 37.6 Å². The smallest absolute Gasteiger partial charge is 0.410 e. The van der Waals surface area contributed by atoms with E-state index in [9.17, 15) is 22.8 Å². The molecule has 0 radical (unpaired) electrons. The first kappa shape index (κ1) is 27.9. The first-order valence-corrected chi connectivity index (χ1v) is 13.0. The van der Waals surface area contributed by atoms with E-state index < -0.39 is 48.9 Å². The quantitative estimate of drug-likeness (QED) is 0.356. The highest BCUT2D eigenvalue weighted by atomic mass is 19.4. The van der Waals surface area contributed by atoms with Crippen LogP contribution in [0, 0.1) is 0 Å². The van der Waals surface area contributed by atoms with Crippen LogP contribution in [0.1, 0.15) is 66.3 Å². The zero-order valence-corrected chi connectivity index (χ0v) is 22.2. The summed E-state index contributed by atoms with van der Waals surface area (Å²) >= 11 is 0. The Labute approximate surface area is 227 Å². The molecule has 4 unspecified atom stereocenters. The predicted molar refractivity (Wildman–Crippen MR) is 133 cm³/mol. The van der Waals surface area contributed by atoms with Crippen molar-refractivity contribution < 1.29 is 41.2 Å². The van der Waals surface area contributed by atoms with Gasteiger partial charge >= 0.3 is 12.2 Å². The molecule has 216 valence electrons. The van der Waals surface area contributed by atoms with Crippen molar-refractivity contribution in [3.05, 3.63) is 47.2 Å². The molecule has 3 heterocycles. The Morgan fingerprint density at radius 1 is 1.32 bits per heavy atom. The molecule has 2 N–H and O–H groups in total. The summed E-state index contributed by atoms with van der Waals surface area (Å²) in [7, 11) is 1.41. The molecule has 2 aromatic heterocycles. The third kappa shape index (κ3) is 5.77. The van der Waals surface area contributed by atoms with Crippen molar-refractivity contribution in [3.63, 3.8) is 0 Å². The van der Waals surface area contributed by atoms with Crippen molar-refractivity contribution in [3.8, 4) is 0 Å². The Kier molecular flexibility index (Phi) is 7.73. The Bertz CT molecular complexity index is 1370. The molecule has 1 aliphatic heterocycles. The Morgan fingerprint density at radius 3 is 2.75 bits per heavy atom. The highest BCUT2D eigenvalue weighted by Crippen LogP contribution is 2.34. The molecule has 1 aliphatic carbocycles. The van der Waals surface area contributed by atoms with Crippen molar-refractivity contribution in [1.82, 2.24) is 25.7 Å². The largest absolute Gasteiger partial charge is 0.438 e. The van der Waals surface area contributed by atoms with Crippen LogP contribution in [-0.4, -0.2) is 71.7 Å². The number of aryl methyl sites for hydroxylation is 1. The van der Waals surface area contributed by atoms with Crippen molar-refractivity contribution in [2.75, 3.05) is 20.3 Å². The molecule has 0 spiro atoms. The molecule has 4 atom stereocenters. The molecular formula is C26H30F3N5O6. The molecule has 2 fully saturated rings. The van der Waals surface area contributed by atoms with Crippen molar-refractivity contribution in [2.45, 2.75) is 69.6 Å². The van der Waals surface area contributed by atoms with Gasteiger partial charge in [0.1, 0.15) is 28.9 Å². The van der Waals surface area contributed by atoms with Gasteiger partial charge in [0, 0.05) is 13.5 Å². The second-order valence-electron chi connectivity index (χ2n) is 9.95. The molecule has 3 aromatic rings. The van der Waals surface area contributed by atoms with Gasteiger partial charge in [-0.05, 0) is 37.5 Å². The summed E-state index contributed by atoms with van der Waals surface area (Å²) in [5, 5.41) is 8.63. The molecule has 2 aliphatic rings. The Hall–Kier alpha value is -3.65. The van der Waals surface area contributed by atoms with E-state index >= 15 is 0 Å². The molecule has 5 rings (SSSR count). The van der Waals surface area contributed by atoms with Crippen LogP contribution in [0.5, 0.6) is 0 Å². The lowest BCUT2D eigenvalue weighted by Gasteiger charge is -2.27. The van der Waals surface area contributed by atoms with Crippen LogP contribution < -0.4 is 10.6 Å². The molecule has 1 saturated carbocycles. The minimum absolute atomic E-state index is 0.0301. The summed E-state index contributed by atoms with van der Waals surface area (Å²) in [5.41, 5.74) is 1.61. The third-order valence-electron chi connectivity index (χ3n) is 7.01. The summed E-state index contributed by atoms with van der Waals surface area (Å²) in [6.45, 7) is 3.08. The lowest BCUT2D eigenvalue weighted by atomic mass is 10.1. The molecule has 11 nitrogen and oxygen atoms in total. The molecule has 1 saturated heterocycles. The number of benzene rings is 1. The van der Waals surface area contributed by atoms with Crippen LogP contribution >= 0.6 is 0 Å². The zero-order chi connectivity index (χ0) is 28.6. The number of carbonyl (C=O) groups excluding carboxylic acids is 2. The number of halogens is 3. The average molecular weight is 566 g/mol. The van der Waals surface area contributed by atoms with Crippen molar-refractivity contribution in [1.29, 1.82) is 0 Å². The second kappa shape index (κ2) is 11.1. The number of fused-ring (bicyclic) bond motifs is 1. The summed E-state index contributed by atoms with van der Waals surface area (Å²) in [6, 6.07) is 0.556. The topological polar surface area (TPSA) is 132 Å². The third-order valence-corrected chi connectivity index (χ3v) is 7.01. The number of methoxy groups -OCH3 is 1. The lowest BCUT2D eigenvalue weighted by Crippen LogP contribution is -2.40. The second-order valence-corrected chi connectivity index (χ2v) is 9.95. The maximum Gasteiger partial charge on any atom is 0.410 e. The van der Waals surface area contributed by atoms with E-state index in [0.29, 0.717) is 34.4 Å². The van der Waals surface area contributed by atoms with E-state index in [-0.39, 0.29) is 18.6 Å². The monoisotopic (exact) mass is 565 g/mol. The zero-order valence-electron chi connectivity index (χ0n) is 22.2. The maximum atomic E-state index is 13.3. The number of amides is 3. The lowest BCUT2D eigenvalue weighted by molar-refractivity contribution is -0.150. The number of oxazole rings is 1. The number of nitrogens with one attached hydrogen (secondary N) is 2. The maximum absolute atomic E-state index is 13.3. The number of rotatable bonds is 11. The summed E-state index contributed by atoms with van der Waals surface area (Å²) < 4.78 is 62.3. The normalized spacial score (nSPS) is 20.0. The minimum atomic E-state index is -4.57. The van der Waals surface area contributed by atoms with E-state index in [2.05, 4.69) is 15.5 Å². The summed E-state index contributed by atoms with van der Waals surface area (Å²) in [4.78, 5) is 31.3. The molecular weight excluding hydrogens is 535 g/mol. The standard InChI is InChI=1S/C26H30F3N5O6/c1-4-19-16(10-30-40-19)23(35)33-22(13(2)38-15-6-7-15)24-31-17-9-14(5-8-20(17)39-24)18(12-37-3)34-11-21(26(27,28)29)32-25(34)36/h5,8-10,13,15,18,21-22H,4,6-7,11-12H2,1-3H3,(H,32,36)(H,33,35). The van der Waals surface area contributed by atoms with Gasteiger partial charge in [-0.15, -0.1) is 0 Å². The Balaban J connectivity index is 1.43. The van der Waals surface area contributed by atoms with Gasteiger partial charge in [-0.2, -0.15) is 13.2 Å².